The summed E-state index contributed by atoms with van der Waals surface area (Å²) in [7, 11) is 4.95. The van der Waals surface area contributed by atoms with Gasteiger partial charge in [0.15, 0.2) is 11.6 Å². The third-order valence-corrected chi connectivity index (χ3v) is 7.13. The molecule has 12 nitrogen and oxygen atoms in total. The number of aromatic nitrogens is 5. The fourth-order valence-corrected chi connectivity index (χ4v) is 4.86. The van der Waals surface area contributed by atoms with Gasteiger partial charge in [0.05, 0.1) is 30.5 Å². The lowest BCUT2D eigenvalue weighted by Crippen LogP contribution is -2.37. The molecule has 0 saturated carbocycles. The van der Waals surface area contributed by atoms with Crippen molar-refractivity contribution >= 4 is 40.2 Å². The Balaban J connectivity index is 1.24. The van der Waals surface area contributed by atoms with Gasteiger partial charge in [-0.15, -0.1) is 0 Å². The number of pyridine rings is 1. The van der Waals surface area contributed by atoms with E-state index in [4.69, 9.17) is 19.7 Å². The highest BCUT2D eigenvalue weighted by molar-refractivity contribution is 6.00. The van der Waals surface area contributed by atoms with E-state index in [2.05, 4.69) is 20.6 Å². The number of hydrogen-bond acceptors (Lipinski definition) is 8. The Morgan fingerprint density at radius 1 is 0.909 bits per heavy atom. The van der Waals surface area contributed by atoms with Gasteiger partial charge in [0.1, 0.15) is 11.3 Å². The zero-order valence-electron chi connectivity index (χ0n) is 24.4. The van der Waals surface area contributed by atoms with Gasteiger partial charge in [-0.25, -0.2) is 19.2 Å². The molecule has 13 heteroatoms. The molecule has 0 aliphatic carbocycles. The molecule has 3 amide bonds. The van der Waals surface area contributed by atoms with Crippen molar-refractivity contribution in [1.29, 1.82) is 0 Å². The van der Waals surface area contributed by atoms with Gasteiger partial charge < -0.3 is 25.2 Å². The van der Waals surface area contributed by atoms with Crippen molar-refractivity contribution in [2.45, 2.75) is 0 Å². The van der Waals surface area contributed by atoms with Crippen LogP contribution in [0.3, 0.4) is 0 Å². The minimum absolute atomic E-state index is 0.0756. The molecule has 0 unspecified atom stereocenters. The van der Waals surface area contributed by atoms with Crippen molar-refractivity contribution < 1.29 is 18.7 Å². The lowest BCUT2D eigenvalue weighted by atomic mass is 10.1. The molecular weight excluding hydrogens is 565 g/mol. The first kappa shape index (κ1) is 28.7. The van der Waals surface area contributed by atoms with E-state index in [9.17, 15) is 14.0 Å². The number of halogens is 1. The Hall–Kier alpha value is -5.43. The zero-order chi connectivity index (χ0) is 30.8. The molecule has 5 aromatic rings. The van der Waals surface area contributed by atoms with Crippen LogP contribution in [0.25, 0.3) is 33.5 Å². The normalized spacial score (nSPS) is 13.1. The van der Waals surface area contributed by atoms with E-state index >= 15 is 0 Å². The van der Waals surface area contributed by atoms with Crippen LogP contribution in [0.15, 0.2) is 67.1 Å². The summed E-state index contributed by atoms with van der Waals surface area (Å²) in [4.78, 5) is 42.6. The summed E-state index contributed by atoms with van der Waals surface area (Å²) in [5.41, 5.74) is 4.64. The molecule has 0 atom stereocenters. The number of nitrogens with one attached hydrogen (secondary N) is 2. The summed E-state index contributed by atoms with van der Waals surface area (Å²) in [6.45, 7) is 2.58. The summed E-state index contributed by atoms with van der Waals surface area (Å²) < 4.78 is 21.7. The van der Waals surface area contributed by atoms with Gasteiger partial charge in [-0.1, -0.05) is 0 Å². The van der Waals surface area contributed by atoms with Gasteiger partial charge in [-0.3, -0.25) is 14.5 Å². The summed E-state index contributed by atoms with van der Waals surface area (Å²) in [6, 6.07) is 12.5. The second-order valence-corrected chi connectivity index (χ2v) is 10.5. The Labute approximate surface area is 252 Å². The number of ether oxygens (including phenoxy) is 1. The van der Waals surface area contributed by atoms with Crippen LogP contribution in [-0.2, 0) is 11.8 Å². The number of carbonyl (C=O) groups is 2. The number of urea groups is 1. The number of aryl methyl sites for hydroxylation is 1. The molecular formula is C31H30FN9O3. The first-order chi connectivity index (χ1) is 21.2. The number of carbonyl (C=O) groups excluding carboxylic acids is 2. The number of anilines is 3. The van der Waals surface area contributed by atoms with Crippen LogP contribution in [0, 0.1) is 5.82 Å². The average Bonchev–Trinajstić information content (AvgIpc) is 3.47. The van der Waals surface area contributed by atoms with Gasteiger partial charge in [0.25, 0.3) is 5.91 Å². The van der Waals surface area contributed by atoms with Crippen molar-refractivity contribution in [3.05, 3.63) is 78.5 Å². The molecule has 4 heterocycles. The second-order valence-electron chi connectivity index (χ2n) is 10.5. The second kappa shape index (κ2) is 12.1. The molecule has 224 valence electrons. The molecule has 0 radical (unpaired) electrons. The third-order valence-electron chi connectivity index (χ3n) is 7.13. The maximum Gasteiger partial charge on any atom is 0.323 e. The maximum atomic E-state index is 14.5. The molecule has 3 aromatic heterocycles. The number of benzene rings is 2. The van der Waals surface area contributed by atoms with Crippen molar-refractivity contribution in [2.24, 2.45) is 7.05 Å². The topological polar surface area (TPSA) is 130 Å². The van der Waals surface area contributed by atoms with E-state index in [1.807, 2.05) is 37.6 Å². The molecule has 2 N–H and O–H groups in total. The van der Waals surface area contributed by atoms with Crippen LogP contribution in [0.4, 0.5) is 26.4 Å². The molecule has 1 fully saturated rings. The SMILES string of the molecule is CN(C)C(=O)c1ccc(NC(=O)Nc2ccc(-c3nc(N4CCOCC4)c4ncc(-c5cnn(C)c5)cc4n3)cc2)cc1F. The van der Waals surface area contributed by atoms with Crippen molar-refractivity contribution in [2.75, 3.05) is 55.9 Å². The minimum atomic E-state index is -0.722. The molecule has 0 bridgehead atoms. The number of amides is 3. The Bertz CT molecular complexity index is 1850. The maximum absolute atomic E-state index is 14.5. The number of rotatable bonds is 6. The Kier molecular flexibility index (Phi) is 7.85. The fraction of sp³-hybridized carbons (Fsp3) is 0.226. The standard InChI is InChI=1S/C31H30FN9O3/c1-39(2)30(42)24-9-8-23(15-25(24)32)36-31(43)35-22-6-4-19(5-7-22)28-37-26-14-20(21-17-34-40(3)18-21)16-33-27(26)29(38-28)41-10-12-44-13-11-41/h4-9,14-18H,10-13H2,1-3H3,(H2,35,36,43). The molecule has 1 aliphatic rings. The molecule has 44 heavy (non-hydrogen) atoms. The van der Waals surface area contributed by atoms with Gasteiger partial charge in [-0.05, 0) is 48.5 Å². The monoisotopic (exact) mass is 595 g/mol. The highest BCUT2D eigenvalue weighted by Gasteiger charge is 2.20. The molecule has 1 saturated heterocycles. The van der Waals surface area contributed by atoms with Crippen LogP contribution in [0.5, 0.6) is 0 Å². The smallest absolute Gasteiger partial charge is 0.323 e. The minimum Gasteiger partial charge on any atom is -0.378 e. The largest absolute Gasteiger partial charge is 0.378 e. The van der Waals surface area contributed by atoms with Gasteiger partial charge in [-0.2, -0.15) is 5.10 Å². The summed E-state index contributed by atoms with van der Waals surface area (Å²) in [5, 5.41) is 9.59. The lowest BCUT2D eigenvalue weighted by Gasteiger charge is -2.28. The van der Waals surface area contributed by atoms with E-state index in [1.165, 1.54) is 17.0 Å². The van der Waals surface area contributed by atoms with Crippen LogP contribution in [-0.4, -0.2) is 82.0 Å². The first-order valence-corrected chi connectivity index (χ1v) is 13.9. The van der Waals surface area contributed by atoms with Crippen LogP contribution in [0.1, 0.15) is 10.4 Å². The van der Waals surface area contributed by atoms with Crippen molar-refractivity contribution in [1.82, 2.24) is 29.6 Å². The summed E-state index contributed by atoms with van der Waals surface area (Å²) >= 11 is 0. The fourth-order valence-electron chi connectivity index (χ4n) is 4.86. The van der Waals surface area contributed by atoms with E-state index < -0.39 is 17.8 Å². The van der Waals surface area contributed by atoms with Crippen molar-refractivity contribution in [3.63, 3.8) is 0 Å². The van der Waals surface area contributed by atoms with Gasteiger partial charge >= 0.3 is 6.03 Å². The van der Waals surface area contributed by atoms with E-state index in [1.54, 1.807) is 37.1 Å². The number of nitrogens with zero attached hydrogens (tertiary/aromatic N) is 7. The molecule has 1 aliphatic heterocycles. The quantitative estimate of drug-likeness (QED) is 0.295. The number of morpholine rings is 1. The molecule has 6 rings (SSSR count). The van der Waals surface area contributed by atoms with Crippen LogP contribution in [0.2, 0.25) is 0 Å². The van der Waals surface area contributed by atoms with Crippen molar-refractivity contribution in [3.8, 4) is 22.5 Å². The van der Waals surface area contributed by atoms with E-state index in [0.717, 1.165) is 28.6 Å². The first-order valence-electron chi connectivity index (χ1n) is 13.9. The average molecular weight is 596 g/mol. The number of fused-ring (bicyclic) bond motifs is 1. The number of hydrogen-bond donors (Lipinski definition) is 2. The highest BCUT2D eigenvalue weighted by Crippen LogP contribution is 2.30. The highest BCUT2D eigenvalue weighted by atomic mass is 19.1. The molecule has 2 aromatic carbocycles. The van der Waals surface area contributed by atoms with Gasteiger partial charge in [0, 0.05) is 74.7 Å². The van der Waals surface area contributed by atoms with Crippen LogP contribution >= 0.6 is 0 Å². The summed E-state index contributed by atoms with van der Waals surface area (Å²) in [5.74, 6) is 0.0674. The molecule has 0 spiro atoms. The zero-order valence-corrected chi connectivity index (χ0v) is 24.4. The lowest BCUT2D eigenvalue weighted by molar-refractivity contribution is 0.0823. The Morgan fingerprint density at radius 2 is 1.64 bits per heavy atom. The van der Waals surface area contributed by atoms with Crippen LogP contribution < -0.4 is 15.5 Å². The van der Waals surface area contributed by atoms with E-state index in [-0.39, 0.29) is 11.3 Å². The Morgan fingerprint density at radius 3 is 2.32 bits per heavy atom. The van der Waals surface area contributed by atoms with E-state index in [0.29, 0.717) is 48.8 Å². The van der Waals surface area contributed by atoms with Gasteiger partial charge in [0.2, 0.25) is 0 Å². The predicted octanol–water partition coefficient (Wildman–Crippen LogP) is 4.41. The predicted molar refractivity (Wildman–Crippen MR) is 165 cm³/mol. The summed E-state index contributed by atoms with van der Waals surface area (Å²) in [6.07, 6.45) is 5.52. The third kappa shape index (κ3) is 6.03.